The molecule has 0 bridgehead atoms. The van der Waals surface area contributed by atoms with Crippen LogP contribution in [-0.4, -0.2) is 51.1 Å². The largest absolute Gasteiger partial charge is 0.481 e. The van der Waals surface area contributed by atoms with Crippen LogP contribution in [0.2, 0.25) is 0 Å². The molecule has 6 nitrogen and oxygen atoms in total. The van der Waals surface area contributed by atoms with E-state index in [-0.39, 0.29) is 18.5 Å². The van der Waals surface area contributed by atoms with Gasteiger partial charge in [-0.3, -0.25) is 4.79 Å². The maximum atomic E-state index is 12.2. The molecule has 2 rings (SSSR count). The average Bonchev–Trinajstić information content (AvgIpc) is 2.82. The van der Waals surface area contributed by atoms with Crippen molar-refractivity contribution < 1.29 is 14.7 Å². The molecule has 0 radical (unpaired) electrons. The van der Waals surface area contributed by atoms with E-state index in [9.17, 15) is 9.59 Å². The van der Waals surface area contributed by atoms with Crippen LogP contribution in [0.4, 0.5) is 4.79 Å². The number of nitrogens with zero attached hydrogens (tertiary/aromatic N) is 2. The monoisotopic (exact) mass is 315 g/mol. The van der Waals surface area contributed by atoms with Gasteiger partial charge in [0.2, 0.25) is 0 Å². The Morgan fingerprint density at radius 2 is 2.40 bits per heavy atom. The molecular formula is C12H17N3O3S2. The summed E-state index contributed by atoms with van der Waals surface area (Å²) in [4.78, 5) is 28.9. The Hall–Kier alpha value is -1.28. The number of aromatic nitrogens is 1. The standard InChI is InChI=1S/C12H17N3O3S2/c1-8-6-20-10(14-8)5-13-12(18)15-2-3-19-7-9(15)4-11(16)17/h6,9H,2-5,7H2,1H3,(H,13,18)(H,16,17). The minimum Gasteiger partial charge on any atom is -0.481 e. The van der Waals surface area contributed by atoms with Gasteiger partial charge in [0, 0.05) is 29.1 Å². The van der Waals surface area contributed by atoms with Gasteiger partial charge in [-0.15, -0.1) is 11.3 Å². The fraction of sp³-hybridized carbons (Fsp3) is 0.583. The van der Waals surface area contributed by atoms with Crippen LogP contribution in [-0.2, 0) is 11.3 Å². The predicted octanol–water partition coefficient (Wildman–Crippen LogP) is 1.55. The summed E-state index contributed by atoms with van der Waals surface area (Å²) in [5.74, 6) is 0.654. The lowest BCUT2D eigenvalue weighted by molar-refractivity contribution is -0.137. The molecule has 8 heteroatoms. The second-order valence-corrected chi connectivity index (χ2v) is 6.65. The number of hydrogen-bond donors (Lipinski definition) is 2. The Balaban J connectivity index is 1.90. The smallest absolute Gasteiger partial charge is 0.318 e. The number of carbonyl (C=O) groups excluding carboxylic acids is 1. The quantitative estimate of drug-likeness (QED) is 0.881. The first-order chi connectivity index (χ1) is 9.56. The summed E-state index contributed by atoms with van der Waals surface area (Å²) >= 11 is 3.20. The first-order valence-corrected chi connectivity index (χ1v) is 8.34. The van der Waals surface area contributed by atoms with Gasteiger partial charge in [0.1, 0.15) is 5.01 Å². The highest BCUT2D eigenvalue weighted by atomic mass is 32.2. The number of aryl methyl sites for hydroxylation is 1. The summed E-state index contributed by atoms with van der Waals surface area (Å²) in [6.07, 6.45) is -0.00319. The van der Waals surface area contributed by atoms with E-state index in [0.29, 0.717) is 18.8 Å². The summed E-state index contributed by atoms with van der Waals surface area (Å²) < 4.78 is 0. The molecule has 1 aliphatic rings. The number of carboxylic acids is 1. The second-order valence-electron chi connectivity index (χ2n) is 4.56. The third-order valence-corrected chi connectivity index (χ3v) is 5.01. The summed E-state index contributed by atoms with van der Waals surface area (Å²) in [6, 6.07) is -0.436. The van der Waals surface area contributed by atoms with Crippen molar-refractivity contribution in [3.05, 3.63) is 16.1 Å². The fourth-order valence-corrected chi connectivity index (χ4v) is 3.80. The molecule has 1 aromatic heterocycles. The van der Waals surface area contributed by atoms with E-state index in [1.54, 1.807) is 16.7 Å². The highest BCUT2D eigenvalue weighted by Gasteiger charge is 2.28. The molecule has 0 saturated carbocycles. The summed E-state index contributed by atoms with van der Waals surface area (Å²) in [6.45, 7) is 2.89. The molecule has 2 heterocycles. The number of urea groups is 1. The van der Waals surface area contributed by atoms with Gasteiger partial charge in [-0.25, -0.2) is 9.78 Å². The number of thiazole rings is 1. The molecule has 0 aromatic carbocycles. The summed E-state index contributed by atoms with van der Waals surface area (Å²) in [5, 5.41) is 14.5. The minimum absolute atomic E-state index is 0.00319. The number of amides is 2. The predicted molar refractivity (Wildman–Crippen MR) is 79.2 cm³/mol. The highest BCUT2D eigenvalue weighted by Crippen LogP contribution is 2.19. The third-order valence-electron chi connectivity index (χ3n) is 2.96. The molecule has 2 N–H and O–H groups in total. The van der Waals surface area contributed by atoms with E-state index >= 15 is 0 Å². The maximum absolute atomic E-state index is 12.2. The van der Waals surface area contributed by atoms with E-state index < -0.39 is 5.97 Å². The van der Waals surface area contributed by atoms with Crippen LogP contribution < -0.4 is 5.32 Å². The summed E-state index contributed by atoms with van der Waals surface area (Å²) in [7, 11) is 0. The minimum atomic E-state index is -0.870. The van der Waals surface area contributed by atoms with Crippen molar-refractivity contribution in [2.75, 3.05) is 18.1 Å². The molecule has 1 unspecified atom stereocenters. The maximum Gasteiger partial charge on any atom is 0.318 e. The number of rotatable bonds is 4. The van der Waals surface area contributed by atoms with Crippen molar-refractivity contribution in [1.29, 1.82) is 0 Å². The molecule has 2 amide bonds. The zero-order chi connectivity index (χ0) is 14.5. The molecule has 0 aliphatic carbocycles. The molecule has 1 aliphatic heterocycles. The van der Waals surface area contributed by atoms with Gasteiger partial charge in [-0.05, 0) is 6.92 Å². The molecule has 110 valence electrons. The van der Waals surface area contributed by atoms with Gasteiger partial charge < -0.3 is 15.3 Å². The molecule has 1 fully saturated rings. The first kappa shape index (κ1) is 15.1. The Morgan fingerprint density at radius 1 is 1.60 bits per heavy atom. The lowest BCUT2D eigenvalue weighted by Gasteiger charge is -2.34. The van der Waals surface area contributed by atoms with Crippen molar-refractivity contribution in [2.24, 2.45) is 0 Å². The average molecular weight is 315 g/mol. The van der Waals surface area contributed by atoms with Gasteiger partial charge in [0.25, 0.3) is 0 Å². The molecule has 1 atom stereocenters. The first-order valence-electron chi connectivity index (χ1n) is 6.31. The van der Waals surface area contributed by atoms with Gasteiger partial charge in [0.15, 0.2) is 0 Å². The number of carbonyl (C=O) groups is 2. The van der Waals surface area contributed by atoms with Crippen LogP contribution in [0, 0.1) is 6.92 Å². The molecule has 0 spiro atoms. The van der Waals surface area contributed by atoms with E-state index in [2.05, 4.69) is 10.3 Å². The number of carboxylic acid groups (broad SMARTS) is 1. The molecule has 1 saturated heterocycles. The van der Waals surface area contributed by atoms with Crippen molar-refractivity contribution in [3.63, 3.8) is 0 Å². The second kappa shape index (κ2) is 6.94. The van der Waals surface area contributed by atoms with E-state index in [1.165, 1.54) is 11.3 Å². The fourth-order valence-electron chi connectivity index (χ4n) is 2.03. The molecular weight excluding hydrogens is 298 g/mol. The lowest BCUT2D eigenvalue weighted by atomic mass is 10.2. The summed E-state index contributed by atoms with van der Waals surface area (Å²) in [5.41, 5.74) is 0.942. The number of hydrogen-bond acceptors (Lipinski definition) is 5. The number of nitrogens with one attached hydrogen (secondary N) is 1. The van der Waals surface area contributed by atoms with E-state index in [4.69, 9.17) is 5.11 Å². The molecule has 1 aromatic rings. The van der Waals surface area contributed by atoms with Crippen molar-refractivity contribution >= 4 is 35.1 Å². The Bertz CT molecular complexity index is 492. The van der Waals surface area contributed by atoms with E-state index in [1.807, 2.05) is 12.3 Å². The van der Waals surface area contributed by atoms with Crippen molar-refractivity contribution in [3.8, 4) is 0 Å². The van der Waals surface area contributed by atoms with Gasteiger partial charge in [-0.2, -0.15) is 11.8 Å². The van der Waals surface area contributed by atoms with Crippen LogP contribution in [0.25, 0.3) is 0 Å². The highest BCUT2D eigenvalue weighted by molar-refractivity contribution is 7.99. The van der Waals surface area contributed by atoms with E-state index in [0.717, 1.165) is 16.5 Å². The normalized spacial score (nSPS) is 18.9. The van der Waals surface area contributed by atoms with Crippen LogP contribution in [0.3, 0.4) is 0 Å². The van der Waals surface area contributed by atoms with Crippen LogP contribution in [0.1, 0.15) is 17.1 Å². The zero-order valence-electron chi connectivity index (χ0n) is 11.2. The van der Waals surface area contributed by atoms with Crippen LogP contribution in [0.15, 0.2) is 5.38 Å². The van der Waals surface area contributed by atoms with Crippen molar-refractivity contribution in [2.45, 2.75) is 25.9 Å². The Labute approximate surface area is 125 Å². The van der Waals surface area contributed by atoms with Crippen LogP contribution in [0.5, 0.6) is 0 Å². The lowest BCUT2D eigenvalue weighted by Crippen LogP contribution is -2.51. The zero-order valence-corrected chi connectivity index (χ0v) is 12.8. The topological polar surface area (TPSA) is 82.5 Å². The van der Waals surface area contributed by atoms with Gasteiger partial charge in [-0.1, -0.05) is 0 Å². The Kier molecular flexibility index (Phi) is 5.24. The van der Waals surface area contributed by atoms with Gasteiger partial charge >= 0.3 is 12.0 Å². The van der Waals surface area contributed by atoms with Crippen molar-refractivity contribution in [1.82, 2.24) is 15.2 Å². The Morgan fingerprint density at radius 3 is 3.05 bits per heavy atom. The third kappa shape index (κ3) is 4.11. The number of thioether (sulfide) groups is 1. The SMILES string of the molecule is Cc1csc(CNC(=O)N2CCSCC2CC(=O)O)n1. The number of aliphatic carboxylic acids is 1. The van der Waals surface area contributed by atoms with Gasteiger partial charge in [0.05, 0.1) is 19.0 Å². The van der Waals surface area contributed by atoms with Crippen LogP contribution >= 0.6 is 23.1 Å². The molecule has 20 heavy (non-hydrogen) atoms.